The molecule has 1 heterocycles. The van der Waals surface area contributed by atoms with E-state index in [4.69, 9.17) is 0 Å². The Hall–Kier alpha value is -1.81. The third-order valence-corrected chi connectivity index (χ3v) is 5.59. The van der Waals surface area contributed by atoms with Gasteiger partial charge in [-0.2, -0.15) is 0 Å². The first-order valence-electron chi connectivity index (χ1n) is 6.72. The summed E-state index contributed by atoms with van der Waals surface area (Å²) in [6.07, 6.45) is 0.880. The lowest BCUT2D eigenvalue weighted by atomic mass is 10.1. The average molecular weight is 307 g/mol. The van der Waals surface area contributed by atoms with Gasteiger partial charge in [-0.05, 0) is 36.2 Å². The number of alkyl halides is 3. The van der Waals surface area contributed by atoms with Crippen LogP contribution in [0.2, 0.25) is 0 Å². The Balaban J connectivity index is 2.25. The molecule has 3 rings (SSSR count). The SMILES string of the molecule is CCc1ccc(-c2cc3ccccc3[s+]2C(F)(F)F)cc1. The monoisotopic (exact) mass is 307 g/mol. The number of fused-ring (bicyclic) bond motifs is 1. The van der Waals surface area contributed by atoms with Gasteiger partial charge in [-0.1, -0.05) is 31.2 Å². The predicted octanol–water partition coefficient (Wildman–Crippen LogP) is 6.29. The van der Waals surface area contributed by atoms with Gasteiger partial charge in [0.15, 0.2) is 9.58 Å². The van der Waals surface area contributed by atoms with Crippen molar-refractivity contribution in [2.24, 2.45) is 0 Å². The highest BCUT2D eigenvalue weighted by molar-refractivity contribution is 7.41. The first-order valence-corrected chi connectivity index (χ1v) is 7.94. The molecule has 3 aromatic rings. The first kappa shape index (κ1) is 14.1. The van der Waals surface area contributed by atoms with Crippen LogP contribution in [0, 0.1) is 0 Å². The lowest BCUT2D eigenvalue weighted by molar-refractivity contribution is -0.0864. The van der Waals surface area contributed by atoms with Gasteiger partial charge in [-0.3, -0.25) is 0 Å². The number of aryl methyl sites for hydroxylation is 1. The van der Waals surface area contributed by atoms with Crippen molar-refractivity contribution in [3.63, 3.8) is 0 Å². The molecule has 0 nitrogen and oxygen atoms in total. The second-order valence-electron chi connectivity index (χ2n) is 4.85. The molecule has 0 aliphatic carbocycles. The summed E-state index contributed by atoms with van der Waals surface area (Å²) in [5, 5.41) is 0.674. The fraction of sp³-hybridized carbons (Fsp3) is 0.176. The number of hydrogen-bond acceptors (Lipinski definition) is 0. The molecule has 1 unspecified atom stereocenters. The standard InChI is InChI=1S/C17H14F3S/c1-2-12-7-9-13(10-8-12)16-11-14-5-3-4-6-15(14)21(16)17(18,19)20/h3-11H,2H2,1H3/q+1. The fourth-order valence-corrected chi connectivity index (χ4v) is 4.39. The topological polar surface area (TPSA) is 0 Å². The quantitative estimate of drug-likeness (QED) is 0.488. The van der Waals surface area contributed by atoms with Crippen molar-refractivity contribution in [1.29, 1.82) is 0 Å². The van der Waals surface area contributed by atoms with Crippen molar-refractivity contribution in [3.05, 3.63) is 60.2 Å². The van der Waals surface area contributed by atoms with E-state index in [0.29, 0.717) is 20.5 Å². The van der Waals surface area contributed by atoms with Crippen molar-refractivity contribution in [3.8, 4) is 10.4 Å². The van der Waals surface area contributed by atoms with Crippen molar-refractivity contribution in [2.75, 3.05) is 0 Å². The van der Waals surface area contributed by atoms with Gasteiger partial charge in [0.1, 0.15) is 10.5 Å². The number of thiophene rings is 1. The summed E-state index contributed by atoms with van der Waals surface area (Å²) >= 11 is 0. The molecule has 0 N–H and O–H groups in total. The van der Waals surface area contributed by atoms with Gasteiger partial charge in [0.05, 0.1) is 0 Å². The fourth-order valence-electron chi connectivity index (χ4n) is 2.46. The van der Waals surface area contributed by atoms with Crippen molar-refractivity contribution < 1.29 is 13.2 Å². The number of halogens is 3. The highest BCUT2D eigenvalue weighted by Crippen LogP contribution is 2.54. The van der Waals surface area contributed by atoms with Crippen molar-refractivity contribution in [2.45, 2.75) is 18.9 Å². The summed E-state index contributed by atoms with van der Waals surface area (Å²) in [6.45, 7) is 2.03. The molecule has 0 amide bonds. The van der Waals surface area contributed by atoms with Crippen LogP contribution < -0.4 is 0 Å². The Kier molecular flexibility index (Phi) is 3.49. The summed E-state index contributed by atoms with van der Waals surface area (Å²) in [6, 6.07) is 15.8. The number of rotatable bonds is 2. The highest BCUT2D eigenvalue weighted by atomic mass is 32.2. The normalized spacial score (nSPS) is 12.9. The zero-order valence-electron chi connectivity index (χ0n) is 11.4. The van der Waals surface area contributed by atoms with E-state index in [0.717, 1.165) is 12.0 Å². The van der Waals surface area contributed by atoms with E-state index in [1.807, 2.05) is 19.1 Å². The van der Waals surface area contributed by atoms with E-state index in [-0.39, 0.29) is 0 Å². The maximum absolute atomic E-state index is 13.5. The van der Waals surface area contributed by atoms with E-state index in [2.05, 4.69) is 0 Å². The minimum atomic E-state index is -4.25. The Morgan fingerprint density at radius 2 is 1.62 bits per heavy atom. The van der Waals surface area contributed by atoms with Gasteiger partial charge < -0.3 is 0 Å². The van der Waals surface area contributed by atoms with Crippen LogP contribution in [0.1, 0.15) is 12.5 Å². The molecule has 108 valence electrons. The number of benzene rings is 2. The summed E-state index contributed by atoms with van der Waals surface area (Å²) in [4.78, 5) is 0.367. The molecule has 21 heavy (non-hydrogen) atoms. The molecule has 0 spiro atoms. The van der Waals surface area contributed by atoms with Crippen LogP contribution in [-0.4, -0.2) is 0 Å². The summed E-state index contributed by atoms with van der Waals surface area (Å²) < 4.78 is 40.9. The zero-order valence-corrected chi connectivity index (χ0v) is 12.3. The average Bonchev–Trinajstić information content (AvgIpc) is 2.86. The summed E-state index contributed by atoms with van der Waals surface area (Å²) in [5.74, 6) is 0. The Morgan fingerprint density at radius 3 is 2.24 bits per heavy atom. The van der Waals surface area contributed by atoms with Crippen LogP contribution in [0.4, 0.5) is 13.2 Å². The molecule has 0 saturated heterocycles. The highest BCUT2D eigenvalue weighted by Gasteiger charge is 2.48. The predicted molar refractivity (Wildman–Crippen MR) is 82.5 cm³/mol. The smallest absolute Gasteiger partial charge is 0.118 e. The van der Waals surface area contributed by atoms with E-state index in [1.54, 1.807) is 42.5 Å². The molecule has 0 aliphatic rings. The van der Waals surface area contributed by atoms with Gasteiger partial charge >= 0.3 is 5.51 Å². The van der Waals surface area contributed by atoms with Crippen molar-refractivity contribution >= 4 is 20.6 Å². The van der Waals surface area contributed by atoms with Crippen LogP contribution in [-0.2, 0) is 11.9 Å². The molecule has 0 radical (unpaired) electrons. The largest absolute Gasteiger partial charge is 0.601 e. The van der Waals surface area contributed by atoms with Gasteiger partial charge in [-0.15, -0.1) is 13.2 Å². The van der Waals surface area contributed by atoms with Crippen LogP contribution in [0.15, 0.2) is 54.6 Å². The molecule has 0 aliphatic heterocycles. The van der Waals surface area contributed by atoms with Crippen molar-refractivity contribution in [1.82, 2.24) is 0 Å². The summed E-state index contributed by atoms with van der Waals surface area (Å²) in [7, 11) is -1.86. The third-order valence-electron chi connectivity index (χ3n) is 3.52. The van der Waals surface area contributed by atoms with Crippen LogP contribution in [0.5, 0.6) is 0 Å². The molecular formula is C17H14F3S+. The first-order chi connectivity index (χ1) is 10.0. The van der Waals surface area contributed by atoms with Crippen LogP contribution >= 0.6 is 10.5 Å². The third kappa shape index (κ3) is 2.56. The Bertz CT molecular complexity index is 767. The second kappa shape index (κ2) is 5.19. The lowest BCUT2D eigenvalue weighted by Gasteiger charge is -2.02. The number of hydrogen-bond donors (Lipinski definition) is 0. The van der Waals surface area contributed by atoms with Gasteiger partial charge in [0.25, 0.3) is 0 Å². The van der Waals surface area contributed by atoms with Gasteiger partial charge in [0, 0.05) is 17.0 Å². The van der Waals surface area contributed by atoms with E-state index in [1.165, 1.54) is 0 Å². The van der Waals surface area contributed by atoms with E-state index in [9.17, 15) is 13.2 Å². The molecule has 4 heteroatoms. The maximum atomic E-state index is 13.5. The molecule has 2 aromatic carbocycles. The minimum absolute atomic E-state index is 0.367. The lowest BCUT2D eigenvalue weighted by Crippen LogP contribution is -1.96. The van der Waals surface area contributed by atoms with E-state index < -0.39 is 16.0 Å². The van der Waals surface area contributed by atoms with Gasteiger partial charge in [-0.25, -0.2) is 0 Å². The maximum Gasteiger partial charge on any atom is 0.601 e. The molecule has 0 fully saturated rings. The van der Waals surface area contributed by atoms with Crippen LogP contribution in [0.3, 0.4) is 0 Å². The Morgan fingerprint density at radius 1 is 0.952 bits per heavy atom. The second-order valence-corrected chi connectivity index (χ2v) is 6.80. The molecule has 0 saturated carbocycles. The van der Waals surface area contributed by atoms with Gasteiger partial charge in [0.2, 0.25) is 0 Å². The Labute approximate surface area is 123 Å². The van der Waals surface area contributed by atoms with E-state index >= 15 is 0 Å². The molecule has 1 atom stereocenters. The molecular weight excluding hydrogens is 293 g/mol. The zero-order chi connectivity index (χ0) is 15.0. The van der Waals surface area contributed by atoms with Crippen LogP contribution in [0.25, 0.3) is 20.5 Å². The minimum Gasteiger partial charge on any atom is -0.118 e. The summed E-state index contributed by atoms with van der Waals surface area (Å²) in [5.41, 5.74) is -2.46. The molecule has 0 bridgehead atoms. The molecule has 1 aromatic heterocycles.